The molecule has 3 rings (SSSR count). The van der Waals surface area contributed by atoms with Gasteiger partial charge >= 0.3 is 0 Å². The van der Waals surface area contributed by atoms with E-state index >= 15 is 0 Å². The average Bonchev–Trinajstić information content (AvgIpc) is 3.01. The number of benzene rings is 1. The Labute approximate surface area is 176 Å². The fourth-order valence-electron chi connectivity index (χ4n) is 3.73. The van der Waals surface area contributed by atoms with Gasteiger partial charge < -0.3 is 14.5 Å². The molecule has 8 nitrogen and oxygen atoms in total. The highest BCUT2D eigenvalue weighted by molar-refractivity contribution is 5.94. The Hall–Kier alpha value is -3.16. The third kappa shape index (κ3) is 5.06. The Balaban J connectivity index is 1.62. The van der Waals surface area contributed by atoms with E-state index in [1.807, 2.05) is 0 Å². The SMILES string of the molecule is COc1cccc(C(=O)N(C)[C@@H]2CCCN(C(=O)Cn3nc(C)ccc3=O)CC2)c1. The van der Waals surface area contributed by atoms with Gasteiger partial charge in [0.15, 0.2) is 0 Å². The lowest BCUT2D eigenvalue weighted by atomic mass is 10.1. The second-order valence-electron chi connectivity index (χ2n) is 7.58. The largest absolute Gasteiger partial charge is 0.497 e. The molecule has 0 unspecified atom stereocenters. The minimum atomic E-state index is -0.287. The van der Waals surface area contributed by atoms with Crippen molar-refractivity contribution in [3.8, 4) is 5.75 Å². The van der Waals surface area contributed by atoms with Crippen LogP contribution in [0.3, 0.4) is 0 Å². The van der Waals surface area contributed by atoms with Crippen LogP contribution in [0, 0.1) is 6.92 Å². The van der Waals surface area contributed by atoms with E-state index in [9.17, 15) is 14.4 Å². The molecule has 0 N–H and O–H groups in total. The first-order valence-corrected chi connectivity index (χ1v) is 10.1. The number of likely N-dealkylation sites (tertiary alicyclic amines) is 1. The summed E-state index contributed by atoms with van der Waals surface area (Å²) in [5.74, 6) is 0.457. The molecule has 1 aromatic carbocycles. The first-order chi connectivity index (χ1) is 14.4. The standard InChI is InChI=1S/C22H28N4O4/c1-16-9-10-20(27)26(23-16)15-21(28)25-12-5-7-18(11-13-25)24(2)22(29)17-6-4-8-19(14-17)30-3/h4,6,8-10,14,18H,5,7,11-13,15H2,1-3H3/t18-/m1/s1. The quantitative estimate of drug-likeness (QED) is 0.747. The molecule has 0 spiro atoms. The van der Waals surface area contributed by atoms with Crippen LogP contribution < -0.4 is 10.3 Å². The van der Waals surface area contributed by atoms with E-state index in [-0.39, 0.29) is 30.0 Å². The van der Waals surface area contributed by atoms with Gasteiger partial charge in [-0.2, -0.15) is 5.10 Å². The maximum atomic E-state index is 12.9. The van der Waals surface area contributed by atoms with Crippen LogP contribution in [0.25, 0.3) is 0 Å². The van der Waals surface area contributed by atoms with Crippen molar-refractivity contribution >= 4 is 11.8 Å². The van der Waals surface area contributed by atoms with Crippen molar-refractivity contribution in [3.63, 3.8) is 0 Å². The number of ether oxygens (including phenoxy) is 1. The normalized spacial score (nSPS) is 16.6. The molecule has 0 bridgehead atoms. The first-order valence-electron chi connectivity index (χ1n) is 10.1. The molecule has 1 atom stereocenters. The van der Waals surface area contributed by atoms with Crippen molar-refractivity contribution in [2.45, 2.75) is 38.8 Å². The first kappa shape index (κ1) is 21.5. The van der Waals surface area contributed by atoms with Crippen molar-refractivity contribution in [3.05, 3.63) is 58.0 Å². The number of aryl methyl sites for hydroxylation is 1. The number of hydrogen-bond donors (Lipinski definition) is 0. The molecular formula is C22H28N4O4. The van der Waals surface area contributed by atoms with Gasteiger partial charge in [0.2, 0.25) is 5.91 Å². The van der Waals surface area contributed by atoms with E-state index in [1.165, 1.54) is 10.7 Å². The lowest BCUT2D eigenvalue weighted by Crippen LogP contribution is -2.40. The number of aromatic nitrogens is 2. The van der Waals surface area contributed by atoms with Gasteiger partial charge in [0.1, 0.15) is 12.3 Å². The molecule has 2 aromatic rings. The van der Waals surface area contributed by atoms with E-state index in [2.05, 4.69) is 5.10 Å². The molecule has 2 amide bonds. The number of carbonyl (C=O) groups excluding carboxylic acids is 2. The molecule has 160 valence electrons. The lowest BCUT2D eigenvalue weighted by molar-refractivity contribution is -0.132. The van der Waals surface area contributed by atoms with Crippen molar-refractivity contribution < 1.29 is 14.3 Å². The number of methoxy groups -OCH3 is 1. The van der Waals surface area contributed by atoms with Crippen LogP contribution in [0.2, 0.25) is 0 Å². The molecular weight excluding hydrogens is 384 g/mol. The van der Waals surface area contributed by atoms with Crippen molar-refractivity contribution in [2.75, 3.05) is 27.2 Å². The highest BCUT2D eigenvalue weighted by atomic mass is 16.5. The Morgan fingerprint density at radius 2 is 2.00 bits per heavy atom. The van der Waals surface area contributed by atoms with Crippen molar-refractivity contribution in [1.82, 2.24) is 19.6 Å². The second kappa shape index (κ2) is 9.56. The molecule has 0 radical (unpaired) electrons. The van der Waals surface area contributed by atoms with Crippen LogP contribution in [0.4, 0.5) is 0 Å². The van der Waals surface area contributed by atoms with E-state index in [0.717, 1.165) is 12.8 Å². The van der Waals surface area contributed by atoms with E-state index in [1.54, 1.807) is 61.2 Å². The molecule has 1 saturated heterocycles. The zero-order chi connectivity index (χ0) is 21.7. The van der Waals surface area contributed by atoms with Gasteiger partial charge in [-0.3, -0.25) is 14.4 Å². The summed E-state index contributed by atoms with van der Waals surface area (Å²) in [4.78, 5) is 41.1. The number of rotatable bonds is 5. The van der Waals surface area contributed by atoms with Gasteiger partial charge in [-0.1, -0.05) is 6.07 Å². The Morgan fingerprint density at radius 1 is 1.20 bits per heavy atom. The molecule has 8 heteroatoms. The Kier molecular flexibility index (Phi) is 6.87. The van der Waals surface area contributed by atoms with Crippen LogP contribution >= 0.6 is 0 Å². The van der Waals surface area contributed by atoms with Crippen LogP contribution in [0.1, 0.15) is 35.3 Å². The maximum Gasteiger partial charge on any atom is 0.267 e. The monoisotopic (exact) mass is 412 g/mol. The maximum absolute atomic E-state index is 12.9. The van der Waals surface area contributed by atoms with Crippen LogP contribution in [-0.2, 0) is 11.3 Å². The third-order valence-corrected chi connectivity index (χ3v) is 5.52. The summed E-state index contributed by atoms with van der Waals surface area (Å²) in [5.41, 5.74) is 0.986. The molecule has 1 fully saturated rings. The number of nitrogens with zero attached hydrogens (tertiary/aromatic N) is 4. The lowest BCUT2D eigenvalue weighted by Gasteiger charge is -2.27. The summed E-state index contributed by atoms with van der Waals surface area (Å²) >= 11 is 0. The zero-order valence-corrected chi connectivity index (χ0v) is 17.7. The smallest absolute Gasteiger partial charge is 0.267 e. The second-order valence-corrected chi connectivity index (χ2v) is 7.58. The van der Waals surface area contributed by atoms with Crippen molar-refractivity contribution in [2.24, 2.45) is 0 Å². The van der Waals surface area contributed by atoms with Gasteiger partial charge in [0, 0.05) is 37.8 Å². The number of hydrogen-bond acceptors (Lipinski definition) is 5. The molecule has 1 aliphatic heterocycles. The molecule has 1 aliphatic rings. The highest BCUT2D eigenvalue weighted by Crippen LogP contribution is 2.20. The highest BCUT2D eigenvalue weighted by Gasteiger charge is 2.26. The topological polar surface area (TPSA) is 84.7 Å². The van der Waals surface area contributed by atoms with Gasteiger partial charge in [-0.05, 0) is 50.5 Å². The van der Waals surface area contributed by atoms with E-state index in [0.29, 0.717) is 36.5 Å². The Morgan fingerprint density at radius 3 is 2.77 bits per heavy atom. The minimum Gasteiger partial charge on any atom is -0.497 e. The van der Waals surface area contributed by atoms with Gasteiger partial charge in [0.25, 0.3) is 11.5 Å². The molecule has 2 heterocycles. The van der Waals surface area contributed by atoms with Crippen LogP contribution in [0.5, 0.6) is 5.75 Å². The molecule has 1 aromatic heterocycles. The zero-order valence-electron chi connectivity index (χ0n) is 17.7. The van der Waals surface area contributed by atoms with Crippen molar-refractivity contribution in [1.29, 1.82) is 0 Å². The molecule has 0 aliphatic carbocycles. The average molecular weight is 412 g/mol. The summed E-state index contributed by atoms with van der Waals surface area (Å²) in [6.07, 6.45) is 2.30. The predicted molar refractivity (Wildman–Crippen MR) is 113 cm³/mol. The fraction of sp³-hybridized carbons (Fsp3) is 0.455. The Bertz CT molecular complexity index is 972. The summed E-state index contributed by atoms with van der Waals surface area (Å²) in [5, 5.41) is 4.14. The predicted octanol–water partition coefficient (Wildman–Crippen LogP) is 1.71. The van der Waals surface area contributed by atoms with Crippen LogP contribution in [0.15, 0.2) is 41.2 Å². The van der Waals surface area contributed by atoms with Gasteiger partial charge in [-0.15, -0.1) is 0 Å². The molecule has 30 heavy (non-hydrogen) atoms. The summed E-state index contributed by atoms with van der Waals surface area (Å²) in [6.45, 7) is 2.87. The summed E-state index contributed by atoms with van der Waals surface area (Å²) in [7, 11) is 3.38. The number of carbonyl (C=O) groups is 2. The van der Waals surface area contributed by atoms with Gasteiger partial charge in [-0.25, -0.2) is 4.68 Å². The summed E-state index contributed by atoms with van der Waals surface area (Å²) < 4.78 is 6.42. The van der Waals surface area contributed by atoms with E-state index < -0.39 is 0 Å². The molecule has 0 saturated carbocycles. The van der Waals surface area contributed by atoms with E-state index in [4.69, 9.17) is 4.74 Å². The van der Waals surface area contributed by atoms with Crippen LogP contribution in [-0.4, -0.2) is 64.7 Å². The summed E-state index contributed by atoms with van der Waals surface area (Å²) in [6, 6.07) is 10.2. The minimum absolute atomic E-state index is 0.0429. The third-order valence-electron chi connectivity index (χ3n) is 5.52. The number of amides is 2. The van der Waals surface area contributed by atoms with Gasteiger partial charge in [0.05, 0.1) is 12.8 Å². The fourth-order valence-corrected chi connectivity index (χ4v) is 3.73.